The van der Waals surface area contributed by atoms with Crippen LogP contribution >= 0.6 is 0 Å². The molecule has 0 spiro atoms. The number of aromatic nitrogens is 1. The molecule has 1 aliphatic carbocycles. The second kappa shape index (κ2) is 7.17. The van der Waals surface area contributed by atoms with Gasteiger partial charge in [0, 0.05) is 36.9 Å². The molecular weight excluding hydrogens is 342 g/mol. The lowest BCUT2D eigenvalue weighted by Gasteiger charge is -2.25. The highest BCUT2D eigenvalue weighted by atomic mass is 16.5. The van der Waals surface area contributed by atoms with Crippen LogP contribution < -0.4 is 5.32 Å². The molecule has 144 valence electrons. The van der Waals surface area contributed by atoms with Crippen LogP contribution in [0.4, 0.5) is 5.69 Å². The Hall–Kier alpha value is -2.05. The van der Waals surface area contributed by atoms with Crippen LogP contribution in [0.5, 0.6) is 5.88 Å². The number of ether oxygens (including phenoxy) is 2. The summed E-state index contributed by atoms with van der Waals surface area (Å²) in [6.45, 7) is 4.27. The smallest absolute Gasteiger partial charge is 0.201 e. The number of anilines is 1. The molecule has 2 N–H and O–H groups in total. The Morgan fingerprint density at radius 2 is 1.96 bits per heavy atom. The monoisotopic (exact) mass is 369 g/mol. The molecular formula is C21H27N3O3. The molecule has 2 fully saturated rings. The fourth-order valence-corrected chi connectivity index (χ4v) is 4.20. The van der Waals surface area contributed by atoms with Crippen molar-refractivity contribution in [2.75, 3.05) is 44.8 Å². The van der Waals surface area contributed by atoms with Gasteiger partial charge < -0.3 is 24.5 Å². The number of hydrogen-bond donors (Lipinski definition) is 2. The second-order valence-electron chi connectivity index (χ2n) is 7.85. The molecule has 3 aliphatic rings. The van der Waals surface area contributed by atoms with Crippen LogP contribution in [0.3, 0.4) is 0 Å². The molecule has 0 amide bonds. The first kappa shape index (κ1) is 17.1. The van der Waals surface area contributed by atoms with E-state index in [9.17, 15) is 5.11 Å². The fraction of sp³-hybridized carbons (Fsp3) is 0.571. The van der Waals surface area contributed by atoms with E-state index in [1.54, 1.807) is 0 Å². The van der Waals surface area contributed by atoms with Gasteiger partial charge in [-0.15, -0.1) is 0 Å². The fourth-order valence-electron chi connectivity index (χ4n) is 4.20. The van der Waals surface area contributed by atoms with Crippen LogP contribution in [0, 0.1) is 5.92 Å². The van der Waals surface area contributed by atoms with Crippen molar-refractivity contribution in [1.29, 1.82) is 0 Å². The van der Waals surface area contributed by atoms with E-state index in [0.717, 1.165) is 66.4 Å². The molecule has 2 aromatic rings. The van der Waals surface area contributed by atoms with Gasteiger partial charge in [0.2, 0.25) is 5.88 Å². The lowest BCUT2D eigenvalue weighted by molar-refractivity contribution is 0.0688. The number of benzene rings is 1. The topological polar surface area (TPSA) is 68.0 Å². The van der Waals surface area contributed by atoms with E-state index in [1.165, 1.54) is 12.8 Å². The molecule has 1 saturated carbocycles. The van der Waals surface area contributed by atoms with Gasteiger partial charge in [0.05, 0.1) is 36.6 Å². The van der Waals surface area contributed by atoms with E-state index >= 15 is 0 Å². The molecule has 0 bridgehead atoms. The summed E-state index contributed by atoms with van der Waals surface area (Å²) in [5, 5.41) is 15.8. The van der Waals surface area contributed by atoms with E-state index in [4.69, 9.17) is 9.47 Å². The lowest BCUT2D eigenvalue weighted by Crippen LogP contribution is -2.20. The maximum atomic E-state index is 11.2. The first-order valence-electron chi connectivity index (χ1n) is 10.1. The predicted molar refractivity (Wildman–Crippen MR) is 106 cm³/mol. The highest BCUT2D eigenvalue weighted by Crippen LogP contribution is 2.39. The van der Waals surface area contributed by atoms with E-state index in [1.807, 2.05) is 0 Å². The molecule has 1 aromatic carbocycles. The van der Waals surface area contributed by atoms with Gasteiger partial charge in [-0.3, -0.25) is 4.99 Å². The number of nitrogens with one attached hydrogen (secondary N) is 1. The zero-order chi connectivity index (χ0) is 18.2. The van der Waals surface area contributed by atoms with E-state index in [0.29, 0.717) is 25.6 Å². The quantitative estimate of drug-likeness (QED) is 0.848. The zero-order valence-electron chi connectivity index (χ0n) is 15.6. The largest absolute Gasteiger partial charge is 0.494 e. The van der Waals surface area contributed by atoms with Crippen LogP contribution in [0.25, 0.3) is 10.9 Å². The third-order valence-corrected chi connectivity index (χ3v) is 5.89. The highest BCUT2D eigenvalue weighted by Gasteiger charge is 2.27. The standard InChI is InChI=1S/C21H27N3O3/c25-21-20(18-13-27-10-7-22-18)17-11-15(23-12-14-1-2-14)3-4-19(17)24(21)16-5-8-26-9-6-16/h3-4,11,14,16,23,25H,1-2,5-10,12-13H2. The first-order chi connectivity index (χ1) is 13.3. The Balaban J connectivity index is 1.60. The Morgan fingerprint density at radius 3 is 2.70 bits per heavy atom. The third-order valence-electron chi connectivity index (χ3n) is 5.89. The van der Waals surface area contributed by atoms with Gasteiger partial charge in [-0.1, -0.05) is 0 Å². The zero-order valence-corrected chi connectivity index (χ0v) is 15.6. The Labute approximate surface area is 159 Å². The minimum Gasteiger partial charge on any atom is -0.494 e. The van der Waals surface area contributed by atoms with Crippen LogP contribution in [0.15, 0.2) is 23.2 Å². The minimum atomic E-state index is 0.255. The molecule has 2 aliphatic heterocycles. The van der Waals surface area contributed by atoms with Gasteiger partial charge in [0.1, 0.15) is 0 Å². The number of aliphatic imine (C=N–C) groups is 1. The number of nitrogens with zero attached hydrogens (tertiary/aromatic N) is 2. The summed E-state index contributed by atoms with van der Waals surface area (Å²) in [5.41, 5.74) is 3.87. The van der Waals surface area contributed by atoms with Gasteiger partial charge in [-0.05, 0) is 49.8 Å². The first-order valence-corrected chi connectivity index (χ1v) is 10.1. The molecule has 27 heavy (non-hydrogen) atoms. The summed E-state index contributed by atoms with van der Waals surface area (Å²) >= 11 is 0. The summed E-state index contributed by atoms with van der Waals surface area (Å²) < 4.78 is 13.2. The Kier molecular flexibility index (Phi) is 4.53. The van der Waals surface area contributed by atoms with Gasteiger partial charge in [0.15, 0.2) is 0 Å². The molecule has 0 atom stereocenters. The van der Waals surface area contributed by atoms with Gasteiger partial charge >= 0.3 is 0 Å². The van der Waals surface area contributed by atoms with E-state index in [-0.39, 0.29) is 6.04 Å². The molecule has 0 radical (unpaired) electrons. The van der Waals surface area contributed by atoms with Crippen LogP contribution in [-0.4, -0.2) is 54.9 Å². The second-order valence-corrected chi connectivity index (χ2v) is 7.85. The number of hydrogen-bond acceptors (Lipinski definition) is 5. The van der Waals surface area contributed by atoms with Crippen LogP contribution in [-0.2, 0) is 9.47 Å². The van der Waals surface area contributed by atoms with Crippen molar-refractivity contribution in [3.63, 3.8) is 0 Å². The molecule has 3 heterocycles. The summed E-state index contributed by atoms with van der Waals surface area (Å²) in [7, 11) is 0. The van der Waals surface area contributed by atoms with Gasteiger partial charge in [-0.2, -0.15) is 0 Å². The third kappa shape index (κ3) is 3.32. The average molecular weight is 369 g/mol. The number of fused-ring (bicyclic) bond motifs is 1. The summed E-state index contributed by atoms with van der Waals surface area (Å²) in [6, 6.07) is 6.68. The lowest BCUT2D eigenvalue weighted by atomic mass is 10.1. The molecule has 6 nitrogen and oxygen atoms in total. The summed E-state index contributed by atoms with van der Waals surface area (Å²) in [4.78, 5) is 4.66. The Bertz CT molecular complexity index is 863. The van der Waals surface area contributed by atoms with Crippen molar-refractivity contribution in [1.82, 2.24) is 4.57 Å². The Morgan fingerprint density at radius 1 is 1.11 bits per heavy atom. The SMILES string of the molecule is Oc1c(C2=NCCOC2)c2cc(NCC3CC3)ccc2n1C1CCOCC1. The predicted octanol–water partition coefficient (Wildman–Crippen LogP) is 3.34. The highest BCUT2D eigenvalue weighted by molar-refractivity contribution is 6.14. The normalized spacial score (nSPS) is 21.4. The molecule has 0 unspecified atom stereocenters. The number of aromatic hydroxyl groups is 1. The maximum absolute atomic E-state index is 11.2. The molecule has 6 heteroatoms. The van der Waals surface area contributed by atoms with Crippen molar-refractivity contribution in [2.24, 2.45) is 10.9 Å². The van der Waals surface area contributed by atoms with E-state index in [2.05, 4.69) is 33.1 Å². The summed E-state index contributed by atoms with van der Waals surface area (Å²) in [6.07, 6.45) is 4.49. The average Bonchev–Trinajstić information content (AvgIpc) is 3.50. The van der Waals surface area contributed by atoms with Gasteiger partial charge in [-0.25, -0.2) is 0 Å². The van der Waals surface area contributed by atoms with Crippen molar-refractivity contribution in [2.45, 2.75) is 31.7 Å². The van der Waals surface area contributed by atoms with Crippen molar-refractivity contribution in [3.8, 4) is 5.88 Å². The van der Waals surface area contributed by atoms with Crippen LogP contribution in [0.1, 0.15) is 37.3 Å². The van der Waals surface area contributed by atoms with Crippen molar-refractivity contribution < 1.29 is 14.6 Å². The van der Waals surface area contributed by atoms with E-state index < -0.39 is 0 Å². The van der Waals surface area contributed by atoms with Crippen LogP contribution in [0.2, 0.25) is 0 Å². The molecule has 5 rings (SSSR count). The van der Waals surface area contributed by atoms with Gasteiger partial charge in [0.25, 0.3) is 0 Å². The van der Waals surface area contributed by atoms with Crippen molar-refractivity contribution in [3.05, 3.63) is 23.8 Å². The molecule has 1 saturated heterocycles. The summed E-state index contributed by atoms with van der Waals surface area (Å²) in [5.74, 6) is 1.14. The maximum Gasteiger partial charge on any atom is 0.201 e. The van der Waals surface area contributed by atoms with Crippen molar-refractivity contribution >= 4 is 22.3 Å². The molecule has 1 aromatic heterocycles. The minimum absolute atomic E-state index is 0.255. The number of rotatable bonds is 5.